The molecule has 1 fully saturated rings. The predicted octanol–water partition coefficient (Wildman–Crippen LogP) is 4.89. The first-order chi connectivity index (χ1) is 16.5. The quantitative estimate of drug-likeness (QED) is 0.473. The van der Waals surface area contributed by atoms with E-state index in [0.29, 0.717) is 5.02 Å². The molecule has 0 aliphatic heterocycles. The minimum absolute atomic E-state index is 0.0844. The molecule has 35 heavy (non-hydrogen) atoms. The van der Waals surface area contributed by atoms with E-state index in [4.69, 9.17) is 34.8 Å². The molecule has 2 aromatic rings. The first-order valence-electron chi connectivity index (χ1n) is 11.2. The third-order valence-electron chi connectivity index (χ3n) is 6.01. The van der Waals surface area contributed by atoms with Gasteiger partial charge in [-0.1, -0.05) is 59.8 Å². The summed E-state index contributed by atoms with van der Waals surface area (Å²) >= 11 is 18.1. The maximum Gasteiger partial charge on any atom is 0.244 e. The number of halogens is 3. The Hall–Kier alpha value is -2.00. The molecule has 0 spiro atoms. The molecule has 0 saturated heterocycles. The highest BCUT2D eigenvalue weighted by Gasteiger charge is 2.31. The molecule has 0 heterocycles. The van der Waals surface area contributed by atoms with Crippen molar-refractivity contribution in [3.8, 4) is 0 Å². The molecule has 2 aromatic carbocycles. The second kappa shape index (κ2) is 11.8. The maximum absolute atomic E-state index is 13.5. The zero-order valence-electron chi connectivity index (χ0n) is 19.5. The molecule has 7 nitrogen and oxygen atoms in total. The van der Waals surface area contributed by atoms with Crippen LogP contribution < -0.4 is 9.62 Å². The lowest BCUT2D eigenvalue weighted by atomic mass is 10.1. The van der Waals surface area contributed by atoms with Gasteiger partial charge in [-0.25, -0.2) is 8.42 Å². The number of nitrogens with zero attached hydrogens (tertiary/aromatic N) is 2. The maximum atomic E-state index is 13.5. The number of rotatable bonds is 9. The summed E-state index contributed by atoms with van der Waals surface area (Å²) < 4.78 is 26.2. The lowest BCUT2D eigenvalue weighted by Crippen LogP contribution is -2.52. The van der Waals surface area contributed by atoms with Crippen LogP contribution in [0.15, 0.2) is 42.5 Å². The van der Waals surface area contributed by atoms with Crippen LogP contribution in [0, 0.1) is 0 Å². The Morgan fingerprint density at radius 3 is 2.23 bits per heavy atom. The summed E-state index contributed by atoms with van der Waals surface area (Å²) in [5, 5.41) is 3.98. The number of anilines is 1. The Morgan fingerprint density at radius 1 is 1.03 bits per heavy atom. The Morgan fingerprint density at radius 2 is 1.66 bits per heavy atom. The van der Waals surface area contributed by atoms with Crippen molar-refractivity contribution in [3.63, 3.8) is 0 Å². The van der Waals surface area contributed by atoms with Crippen molar-refractivity contribution in [2.75, 3.05) is 17.1 Å². The van der Waals surface area contributed by atoms with E-state index in [9.17, 15) is 18.0 Å². The normalized spacial score (nSPS) is 15.0. The number of nitrogens with one attached hydrogen (secondary N) is 1. The molecular weight excluding hydrogens is 533 g/mol. The average Bonchev–Trinajstić information content (AvgIpc) is 3.30. The van der Waals surface area contributed by atoms with E-state index in [1.165, 1.54) is 23.1 Å². The van der Waals surface area contributed by atoms with Crippen LogP contribution in [0.2, 0.25) is 15.1 Å². The Balaban J connectivity index is 1.88. The summed E-state index contributed by atoms with van der Waals surface area (Å²) in [6, 6.07) is 10.5. The summed E-state index contributed by atoms with van der Waals surface area (Å²) in [7, 11) is -3.85. The van der Waals surface area contributed by atoms with Gasteiger partial charge in [0.25, 0.3) is 0 Å². The van der Waals surface area contributed by atoms with Crippen molar-refractivity contribution < 1.29 is 18.0 Å². The van der Waals surface area contributed by atoms with E-state index in [1.54, 1.807) is 31.2 Å². The zero-order valence-corrected chi connectivity index (χ0v) is 22.6. The van der Waals surface area contributed by atoms with Crippen molar-refractivity contribution in [2.45, 2.75) is 51.2 Å². The van der Waals surface area contributed by atoms with Crippen LogP contribution in [-0.2, 0) is 26.2 Å². The standard InChI is InChI=1S/C24H28Cl3N3O4S/c1-16(24(32)28-19-5-3-4-6-19)29(14-17-7-9-18(25)10-8-17)23(31)15-30(35(2,33)34)20-11-12-21(26)22(27)13-20/h7-13,16,19H,3-6,14-15H2,1-2H3,(H,28,32). The third-order valence-corrected chi connectivity index (χ3v) is 8.14. The summed E-state index contributed by atoms with van der Waals surface area (Å²) in [6.45, 7) is 1.24. The molecule has 1 aliphatic carbocycles. The Bertz CT molecular complexity index is 1170. The second-order valence-corrected chi connectivity index (χ2v) is 11.8. The fourth-order valence-electron chi connectivity index (χ4n) is 4.01. The van der Waals surface area contributed by atoms with Crippen molar-refractivity contribution in [1.29, 1.82) is 0 Å². The van der Waals surface area contributed by atoms with Crippen LogP contribution in [0.4, 0.5) is 5.69 Å². The van der Waals surface area contributed by atoms with Crippen LogP contribution in [0.1, 0.15) is 38.2 Å². The highest BCUT2D eigenvalue weighted by atomic mass is 35.5. The summed E-state index contributed by atoms with van der Waals surface area (Å²) in [4.78, 5) is 27.9. The van der Waals surface area contributed by atoms with E-state index in [-0.39, 0.29) is 34.2 Å². The van der Waals surface area contributed by atoms with E-state index in [0.717, 1.165) is 41.8 Å². The van der Waals surface area contributed by atoms with Crippen LogP contribution in [0.3, 0.4) is 0 Å². The second-order valence-electron chi connectivity index (χ2n) is 8.68. The van der Waals surface area contributed by atoms with Gasteiger partial charge in [-0.2, -0.15) is 0 Å². The number of carbonyl (C=O) groups excluding carboxylic acids is 2. The smallest absolute Gasteiger partial charge is 0.244 e. The van der Waals surface area contributed by atoms with Gasteiger partial charge in [-0.3, -0.25) is 13.9 Å². The fourth-order valence-corrected chi connectivity index (χ4v) is 5.27. The van der Waals surface area contributed by atoms with Crippen molar-refractivity contribution in [2.24, 2.45) is 0 Å². The predicted molar refractivity (Wildman–Crippen MR) is 141 cm³/mol. The van der Waals surface area contributed by atoms with Gasteiger partial charge in [0.15, 0.2) is 0 Å². The molecule has 11 heteroatoms. The number of hydrogen-bond donors (Lipinski definition) is 1. The van der Waals surface area contributed by atoms with Gasteiger partial charge in [0.1, 0.15) is 12.6 Å². The van der Waals surface area contributed by atoms with E-state index in [1.807, 2.05) is 0 Å². The highest BCUT2D eigenvalue weighted by Crippen LogP contribution is 2.28. The molecule has 1 unspecified atom stereocenters. The van der Waals surface area contributed by atoms with Crippen LogP contribution in [0.5, 0.6) is 0 Å². The summed E-state index contributed by atoms with van der Waals surface area (Å²) in [5.74, 6) is -0.815. The van der Waals surface area contributed by atoms with Crippen molar-refractivity contribution in [1.82, 2.24) is 10.2 Å². The minimum Gasteiger partial charge on any atom is -0.352 e. The average molecular weight is 561 g/mol. The highest BCUT2D eigenvalue weighted by molar-refractivity contribution is 7.92. The molecule has 2 amide bonds. The monoisotopic (exact) mass is 559 g/mol. The van der Waals surface area contributed by atoms with Crippen LogP contribution in [0.25, 0.3) is 0 Å². The topological polar surface area (TPSA) is 86.8 Å². The molecule has 0 aromatic heterocycles. The molecule has 1 N–H and O–H groups in total. The van der Waals surface area contributed by atoms with Gasteiger partial charge >= 0.3 is 0 Å². The number of sulfonamides is 1. The first kappa shape index (κ1) is 27.6. The minimum atomic E-state index is -3.85. The lowest BCUT2D eigenvalue weighted by molar-refractivity contribution is -0.139. The molecule has 1 atom stereocenters. The molecule has 0 radical (unpaired) electrons. The molecule has 190 valence electrons. The SMILES string of the molecule is CC(C(=O)NC1CCCC1)N(Cc1ccc(Cl)cc1)C(=O)CN(c1ccc(Cl)c(Cl)c1)S(C)(=O)=O. The Labute approximate surface area is 221 Å². The number of hydrogen-bond acceptors (Lipinski definition) is 4. The number of benzene rings is 2. The third kappa shape index (κ3) is 7.49. The number of amides is 2. The van der Waals surface area contributed by atoms with Gasteiger partial charge < -0.3 is 10.2 Å². The number of carbonyl (C=O) groups is 2. The van der Waals surface area contributed by atoms with Gasteiger partial charge in [-0.05, 0) is 55.7 Å². The van der Waals surface area contributed by atoms with Crippen LogP contribution >= 0.6 is 34.8 Å². The van der Waals surface area contributed by atoms with E-state index in [2.05, 4.69) is 5.32 Å². The van der Waals surface area contributed by atoms with Gasteiger partial charge in [0, 0.05) is 17.6 Å². The lowest BCUT2D eigenvalue weighted by Gasteiger charge is -2.32. The van der Waals surface area contributed by atoms with E-state index < -0.39 is 28.5 Å². The van der Waals surface area contributed by atoms with E-state index >= 15 is 0 Å². The van der Waals surface area contributed by atoms with Gasteiger partial charge in [0.2, 0.25) is 21.8 Å². The zero-order chi connectivity index (χ0) is 25.8. The summed E-state index contributed by atoms with van der Waals surface area (Å²) in [6.07, 6.45) is 4.92. The van der Waals surface area contributed by atoms with Crippen molar-refractivity contribution in [3.05, 3.63) is 63.1 Å². The van der Waals surface area contributed by atoms with Crippen molar-refractivity contribution >= 4 is 62.3 Å². The molecule has 1 aliphatic rings. The molecule has 0 bridgehead atoms. The molecule has 3 rings (SSSR count). The molecule has 1 saturated carbocycles. The fraction of sp³-hybridized carbons (Fsp3) is 0.417. The largest absolute Gasteiger partial charge is 0.352 e. The first-order valence-corrected chi connectivity index (χ1v) is 14.2. The molecular formula is C24H28Cl3N3O4S. The van der Waals surface area contributed by atoms with Gasteiger partial charge in [0.05, 0.1) is 22.0 Å². The Kier molecular flexibility index (Phi) is 9.32. The summed E-state index contributed by atoms with van der Waals surface area (Å²) in [5.41, 5.74) is 0.952. The van der Waals surface area contributed by atoms with Gasteiger partial charge in [-0.15, -0.1) is 0 Å². The van der Waals surface area contributed by atoms with Crippen LogP contribution in [-0.4, -0.2) is 50.0 Å².